The van der Waals surface area contributed by atoms with Gasteiger partial charge in [0, 0.05) is 6.61 Å². The van der Waals surface area contributed by atoms with Gasteiger partial charge in [0.05, 0.1) is 11.6 Å². The summed E-state index contributed by atoms with van der Waals surface area (Å²) < 4.78 is 6.11. The second kappa shape index (κ2) is 5.64. The fourth-order valence-electron chi connectivity index (χ4n) is 3.41. The van der Waals surface area contributed by atoms with Gasteiger partial charge in [0.15, 0.2) is 0 Å². The lowest BCUT2D eigenvalue weighted by Gasteiger charge is -2.36. The highest BCUT2D eigenvalue weighted by Gasteiger charge is 2.41. The maximum Gasteiger partial charge on any atom is 0.0874 e. The highest BCUT2D eigenvalue weighted by Crippen LogP contribution is 2.42. The first kappa shape index (κ1) is 14.5. The Labute approximate surface area is 117 Å². The van der Waals surface area contributed by atoms with E-state index in [1.54, 1.807) is 0 Å². The summed E-state index contributed by atoms with van der Waals surface area (Å²) in [6.45, 7) is 9.30. The Hall–Kier alpha value is -0.860. The van der Waals surface area contributed by atoms with Crippen molar-refractivity contribution >= 4 is 0 Å². The summed E-state index contributed by atoms with van der Waals surface area (Å²) in [5, 5.41) is 0. The Morgan fingerprint density at radius 1 is 1.11 bits per heavy atom. The second-order valence-corrected chi connectivity index (χ2v) is 5.98. The Morgan fingerprint density at radius 2 is 1.68 bits per heavy atom. The summed E-state index contributed by atoms with van der Waals surface area (Å²) in [5.41, 5.74) is 11.7. The Bertz CT molecular complexity index is 447. The predicted octanol–water partition coefficient (Wildman–Crippen LogP) is 3.96. The number of rotatable bonds is 4. The van der Waals surface area contributed by atoms with E-state index in [0.29, 0.717) is 0 Å². The van der Waals surface area contributed by atoms with E-state index in [4.69, 9.17) is 10.5 Å². The maximum atomic E-state index is 6.62. The largest absolute Gasteiger partial charge is 0.373 e. The SMILES string of the molecule is CCOC1(C(N)c2cc(C)c(C)cc2C)CCCC1. The Balaban J connectivity index is 2.37. The molecule has 2 N–H and O–H groups in total. The number of benzene rings is 1. The molecule has 0 amide bonds. The normalized spacial score (nSPS) is 19.6. The minimum atomic E-state index is -0.138. The van der Waals surface area contributed by atoms with Crippen molar-refractivity contribution in [2.75, 3.05) is 6.61 Å². The van der Waals surface area contributed by atoms with Gasteiger partial charge in [-0.05, 0) is 62.8 Å². The molecule has 0 bridgehead atoms. The highest BCUT2D eigenvalue weighted by molar-refractivity contribution is 5.39. The van der Waals surface area contributed by atoms with Crippen LogP contribution in [-0.2, 0) is 4.74 Å². The lowest BCUT2D eigenvalue weighted by atomic mass is 9.84. The summed E-state index contributed by atoms with van der Waals surface area (Å²) in [5.74, 6) is 0. The molecule has 1 aliphatic carbocycles. The zero-order valence-corrected chi connectivity index (χ0v) is 12.8. The van der Waals surface area contributed by atoms with Crippen LogP contribution in [0, 0.1) is 20.8 Å². The molecular weight excluding hydrogens is 234 g/mol. The van der Waals surface area contributed by atoms with Crippen molar-refractivity contribution in [3.8, 4) is 0 Å². The molecule has 0 saturated heterocycles. The zero-order chi connectivity index (χ0) is 14.0. The molecule has 2 heteroatoms. The van der Waals surface area contributed by atoms with E-state index in [-0.39, 0.29) is 11.6 Å². The molecule has 1 unspecified atom stereocenters. The molecule has 0 radical (unpaired) electrons. The summed E-state index contributed by atoms with van der Waals surface area (Å²) >= 11 is 0. The lowest BCUT2D eigenvalue weighted by Crippen LogP contribution is -2.41. The zero-order valence-electron chi connectivity index (χ0n) is 12.8. The molecule has 0 heterocycles. The van der Waals surface area contributed by atoms with Gasteiger partial charge in [-0.25, -0.2) is 0 Å². The van der Waals surface area contributed by atoms with E-state index in [9.17, 15) is 0 Å². The van der Waals surface area contributed by atoms with Gasteiger partial charge in [-0.1, -0.05) is 25.0 Å². The monoisotopic (exact) mass is 261 g/mol. The minimum Gasteiger partial charge on any atom is -0.373 e. The Morgan fingerprint density at radius 3 is 2.26 bits per heavy atom. The Kier molecular flexibility index (Phi) is 4.32. The van der Waals surface area contributed by atoms with Crippen LogP contribution >= 0.6 is 0 Å². The lowest BCUT2D eigenvalue weighted by molar-refractivity contribution is -0.0537. The van der Waals surface area contributed by atoms with Crippen LogP contribution in [0.5, 0.6) is 0 Å². The fourth-order valence-corrected chi connectivity index (χ4v) is 3.41. The highest BCUT2D eigenvalue weighted by atomic mass is 16.5. The molecule has 1 fully saturated rings. The second-order valence-electron chi connectivity index (χ2n) is 5.98. The van der Waals surface area contributed by atoms with Crippen LogP contribution in [0.2, 0.25) is 0 Å². The minimum absolute atomic E-state index is 0.00532. The van der Waals surface area contributed by atoms with Crippen molar-refractivity contribution in [2.45, 2.75) is 65.0 Å². The van der Waals surface area contributed by atoms with E-state index < -0.39 is 0 Å². The van der Waals surface area contributed by atoms with Gasteiger partial charge in [0.2, 0.25) is 0 Å². The van der Waals surface area contributed by atoms with E-state index in [0.717, 1.165) is 19.4 Å². The quantitative estimate of drug-likeness (QED) is 0.890. The van der Waals surface area contributed by atoms with Crippen LogP contribution in [0.3, 0.4) is 0 Å². The van der Waals surface area contributed by atoms with Crippen molar-refractivity contribution in [1.82, 2.24) is 0 Å². The van der Waals surface area contributed by atoms with Gasteiger partial charge in [0.25, 0.3) is 0 Å². The molecule has 0 aromatic heterocycles. The fraction of sp³-hybridized carbons (Fsp3) is 0.647. The van der Waals surface area contributed by atoms with Crippen molar-refractivity contribution < 1.29 is 4.74 Å². The van der Waals surface area contributed by atoms with E-state index in [1.165, 1.54) is 35.1 Å². The van der Waals surface area contributed by atoms with Gasteiger partial charge < -0.3 is 10.5 Å². The first-order valence-electron chi connectivity index (χ1n) is 7.47. The van der Waals surface area contributed by atoms with Gasteiger partial charge in [-0.3, -0.25) is 0 Å². The predicted molar refractivity (Wildman–Crippen MR) is 80.4 cm³/mol. The van der Waals surface area contributed by atoms with Crippen LogP contribution in [-0.4, -0.2) is 12.2 Å². The van der Waals surface area contributed by atoms with Crippen molar-refractivity contribution in [2.24, 2.45) is 5.73 Å². The first-order chi connectivity index (χ1) is 9.00. The average molecular weight is 261 g/mol. The molecular formula is C17H27NO. The van der Waals surface area contributed by atoms with Crippen LogP contribution in [0.1, 0.15) is 60.9 Å². The molecule has 2 nitrogen and oxygen atoms in total. The molecule has 1 atom stereocenters. The summed E-state index contributed by atoms with van der Waals surface area (Å²) in [6.07, 6.45) is 4.65. The maximum absolute atomic E-state index is 6.62. The van der Waals surface area contributed by atoms with Gasteiger partial charge in [-0.15, -0.1) is 0 Å². The molecule has 1 aliphatic rings. The van der Waals surface area contributed by atoms with E-state index in [1.807, 2.05) is 0 Å². The number of aryl methyl sites for hydroxylation is 3. The third-order valence-corrected chi connectivity index (χ3v) is 4.67. The van der Waals surface area contributed by atoms with Crippen LogP contribution in [0.25, 0.3) is 0 Å². The van der Waals surface area contributed by atoms with Gasteiger partial charge in [-0.2, -0.15) is 0 Å². The number of hydrogen-bond donors (Lipinski definition) is 1. The van der Waals surface area contributed by atoms with Gasteiger partial charge >= 0.3 is 0 Å². The number of nitrogens with two attached hydrogens (primary N) is 1. The summed E-state index contributed by atoms with van der Waals surface area (Å²) in [6, 6.07) is 4.50. The van der Waals surface area contributed by atoms with Crippen LogP contribution < -0.4 is 5.73 Å². The molecule has 0 aliphatic heterocycles. The van der Waals surface area contributed by atoms with Crippen LogP contribution in [0.15, 0.2) is 12.1 Å². The summed E-state index contributed by atoms with van der Waals surface area (Å²) in [7, 11) is 0. The van der Waals surface area contributed by atoms with E-state index >= 15 is 0 Å². The van der Waals surface area contributed by atoms with Gasteiger partial charge in [0.1, 0.15) is 0 Å². The third-order valence-electron chi connectivity index (χ3n) is 4.67. The first-order valence-corrected chi connectivity index (χ1v) is 7.47. The topological polar surface area (TPSA) is 35.2 Å². The molecule has 0 spiro atoms. The molecule has 2 rings (SSSR count). The van der Waals surface area contributed by atoms with Crippen molar-refractivity contribution in [1.29, 1.82) is 0 Å². The molecule has 1 aromatic rings. The average Bonchev–Trinajstić information content (AvgIpc) is 2.83. The number of ether oxygens (including phenoxy) is 1. The van der Waals surface area contributed by atoms with Crippen molar-refractivity contribution in [3.05, 3.63) is 34.4 Å². The van der Waals surface area contributed by atoms with Crippen molar-refractivity contribution in [3.63, 3.8) is 0 Å². The summed E-state index contributed by atoms with van der Waals surface area (Å²) in [4.78, 5) is 0. The molecule has 1 aromatic carbocycles. The molecule has 106 valence electrons. The standard InChI is InChI=1S/C17H27NO/c1-5-19-17(8-6-7-9-17)16(18)15-11-13(3)12(2)10-14(15)4/h10-11,16H,5-9,18H2,1-4H3. The molecule has 1 saturated carbocycles. The number of hydrogen-bond acceptors (Lipinski definition) is 2. The molecule has 19 heavy (non-hydrogen) atoms. The van der Waals surface area contributed by atoms with Crippen LogP contribution in [0.4, 0.5) is 0 Å². The third kappa shape index (κ3) is 2.70. The smallest absolute Gasteiger partial charge is 0.0874 e. The van der Waals surface area contributed by atoms with E-state index in [2.05, 4.69) is 39.8 Å².